The molecule has 0 aliphatic carbocycles. The molecule has 78 valence electrons. The first-order valence-corrected chi connectivity index (χ1v) is 6.50. The van der Waals surface area contributed by atoms with Crippen LogP contribution in [0.2, 0.25) is 0 Å². The minimum Gasteiger partial charge on any atom is -0.366 e. The molecule has 2 saturated heterocycles. The fourth-order valence-corrected chi connectivity index (χ4v) is 4.61. The molecular formula is C10H14O3S. The van der Waals surface area contributed by atoms with Gasteiger partial charge in [0.05, 0.1) is 23.7 Å². The summed E-state index contributed by atoms with van der Waals surface area (Å²) in [6, 6.07) is 0. The molecule has 4 heteroatoms. The van der Waals surface area contributed by atoms with Gasteiger partial charge in [0.1, 0.15) is 0 Å². The monoisotopic (exact) mass is 214 g/mol. The maximum absolute atomic E-state index is 11.4. The van der Waals surface area contributed by atoms with E-state index >= 15 is 0 Å². The lowest BCUT2D eigenvalue weighted by molar-refractivity contribution is 0.0853. The zero-order valence-electron chi connectivity index (χ0n) is 7.93. The van der Waals surface area contributed by atoms with Gasteiger partial charge in [0.25, 0.3) is 0 Å². The Kier molecular flexibility index (Phi) is 2.27. The molecule has 4 unspecified atom stereocenters. The number of sulfone groups is 1. The summed E-state index contributed by atoms with van der Waals surface area (Å²) in [6.45, 7) is 7.33. The zero-order chi connectivity index (χ0) is 10.3. The van der Waals surface area contributed by atoms with Gasteiger partial charge in [-0.15, -0.1) is 13.2 Å². The predicted octanol–water partition coefficient (Wildman–Crippen LogP) is 0.787. The summed E-state index contributed by atoms with van der Waals surface area (Å²) in [5.74, 6) is 0.637. The Bertz CT molecular complexity index is 330. The van der Waals surface area contributed by atoms with Crippen molar-refractivity contribution in [1.29, 1.82) is 0 Å². The Labute approximate surface area is 84.4 Å². The smallest absolute Gasteiger partial charge is 0.151 e. The van der Waals surface area contributed by atoms with Crippen LogP contribution in [0.15, 0.2) is 25.3 Å². The largest absolute Gasteiger partial charge is 0.366 e. The number of ether oxygens (including phenoxy) is 1. The Morgan fingerprint density at radius 1 is 1.07 bits per heavy atom. The molecule has 0 aromatic rings. The molecule has 2 fully saturated rings. The van der Waals surface area contributed by atoms with Gasteiger partial charge >= 0.3 is 0 Å². The first-order valence-electron chi connectivity index (χ1n) is 4.68. The van der Waals surface area contributed by atoms with E-state index in [1.807, 2.05) is 0 Å². The Morgan fingerprint density at radius 2 is 1.50 bits per heavy atom. The molecule has 0 aromatic carbocycles. The van der Waals surface area contributed by atoms with Crippen molar-refractivity contribution in [2.75, 3.05) is 11.5 Å². The van der Waals surface area contributed by atoms with Crippen molar-refractivity contribution in [3.8, 4) is 0 Å². The average Bonchev–Trinajstić information content (AvgIpc) is 2.57. The fourth-order valence-electron chi connectivity index (χ4n) is 2.42. The maximum atomic E-state index is 11.4. The van der Waals surface area contributed by atoms with Gasteiger partial charge in [-0.05, 0) is 0 Å². The first-order chi connectivity index (χ1) is 6.57. The molecule has 2 rings (SSSR count). The second-order valence-electron chi connectivity index (χ2n) is 3.94. The third kappa shape index (κ3) is 1.42. The quantitative estimate of drug-likeness (QED) is 0.638. The second kappa shape index (κ2) is 3.21. The number of fused-ring (bicyclic) bond motifs is 1. The van der Waals surface area contributed by atoms with Crippen molar-refractivity contribution in [2.24, 2.45) is 11.8 Å². The lowest BCUT2D eigenvalue weighted by Crippen LogP contribution is -2.17. The molecule has 2 heterocycles. The molecule has 0 saturated carbocycles. The van der Waals surface area contributed by atoms with Crippen molar-refractivity contribution in [3.63, 3.8) is 0 Å². The van der Waals surface area contributed by atoms with Crippen LogP contribution in [-0.4, -0.2) is 32.1 Å². The maximum Gasteiger partial charge on any atom is 0.151 e. The summed E-state index contributed by atoms with van der Waals surface area (Å²) in [5.41, 5.74) is 0. The van der Waals surface area contributed by atoms with Gasteiger partial charge in [-0.25, -0.2) is 8.42 Å². The van der Waals surface area contributed by atoms with Crippen molar-refractivity contribution in [2.45, 2.75) is 12.2 Å². The molecule has 0 N–H and O–H groups in total. The summed E-state index contributed by atoms with van der Waals surface area (Å²) in [5, 5.41) is 0. The van der Waals surface area contributed by atoms with E-state index in [0.717, 1.165) is 0 Å². The van der Waals surface area contributed by atoms with Crippen LogP contribution >= 0.6 is 0 Å². The molecule has 3 nitrogen and oxygen atoms in total. The molecular weight excluding hydrogens is 200 g/mol. The highest BCUT2D eigenvalue weighted by atomic mass is 32.2. The number of hydrogen-bond donors (Lipinski definition) is 0. The summed E-state index contributed by atoms with van der Waals surface area (Å²) < 4.78 is 28.5. The van der Waals surface area contributed by atoms with Crippen LogP contribution in [0.4, 0.5) is 0 Å². The van der Waals surface area contributed by atoms with E-state index < -0.39 is 9.84 Å². The number of rotatable bonds is 2. The van der Waals surface area contributed by atoms with Gasteiger partial charge in [-0.1, -0.05) is 12.2 Å². The van der Waals surface area contributed by atoms with E-state index in [1.54, 1.807) is 12.2 Å². The second-order valence-corrected chi connectivity index (χ2v) is 6.10. The highest BCUT2D eigenvalue weighted by Crippen LogP contribution is 2.40. The highest BCUT2D eigenvalue weighted by molar-refractivity contribution is 7.91. The van der Waals surface area contributed by atoms with Crippen molar-refractivity contribution in [1.82, 2.24) is 0 Å². The van der Waals surface area contributed by atoms with Crippen molar-refractivity contribution < 1.29 is 13.2 Å². The lowest BCUT2D eigenvalue weighted by Gasteiger charge is -2.10. The van der Waals surface area contributed by atoms with Crippen LogP contribution in [-0.2, 0) is 14.6 Å². The van der Waals surface area contributed by atoms with Crippen LogP contribution in [0.5, 0.6) is 0 Å². The van der Waals surface area contributed by atoms with Gasteiger partial charge in [0.2, 0.25) is 0 Å². The average molecular weight is 214 g/mol. The van der Waals surface area contributed by atoms with Crippen LogP contribution < -0.4 is 0 Å². The summed E-state index contributed by atoms with van der Waals surface area (Å²) >= 11 is 0. The third-order valence-electron chi connectivity index (χ3n) is 3.07. The minimum atomic E-state index is -2.87. The van der Waals surface area contributed by atoms with E-state index in [4.69, 9.17) is 4.74 Å². The van der Waals surface area contributed by atoms with Gasteiger partial charge in [0.15, 0.2) is 9.84 Å². The van der Waals surface area contributed by atoms with Crippen molar-refractivity contribution >= 4 is 9.84 Å². The molecule has 0 amide bonds. The molecule has 4 atom stereocenters. The fraction of sp³-hybridized carbons (Fsp3) is 0.600. The molecule has 0 aromatic heterocycles. The first kappa shape index (κ1) is 9.93. The molecule has 0 spiro atoms. The number of hydrogen-bond acceptors (Lipinski definition) is 3. The molecule has 0 radical (unpaired) electrons. The lowest BCUT2D eigenvalue weighted by atomic mass is 9.90. The Balaban J connectivity index is 2.29. The normalized spacial score (nSPS) is 44.6. The molecule has 2 aliphatic heterocycles. The van der Waals surface area contributed by atoms with E-state index in [2.05, 4.69) is 13.2 Å². The van der Waals surface area contributed by atoms with E-state index in [0.29, 0.717) is 0 Å². The Morgan fingerprint density at radius 3 is 1.86 bits per heavy atom. The SMILES string of the molecule is C=CC1OC(C=C)C2CS(=O)(=O)CC12. The van der Waals surface area contributed by atoms with E-state index in [-0.39, 0.29) is 35.5 Å². The van der Waals surface area contributed by atoms with Crippen LogP contribution in [0.25, 0.3) is 0 Å². The molecule has 0 bridgehead atoms. The van der Waals surface area contributed by atoms with Gasteiger partial charge < -0.3 is 4.74 Å². The van der Waals surface area contributed by atoms with Gasteiger partial charge in [-0.3, -0.25) is 0 Å². The topological polar surface area (TPSA) is 43.4 Å². The highest BCUT2D eigenvalue weighted by Gasteiger charge is 2.50. The summed E-state index contributed by atoms with van der Waals surface area (Å²) in [4.78, 5) is 0. The van der Waals surface area contributed by atoms with E-state index in [9.17, 15) is 8.42 Å². The van der Waals surface area contributed by atoms with Crippen molar-refractivity contribution in [3.05, 3.63) is 25.3 Å². The molecule has 14 heavy (non-hydrogen) atoms. The van der Waals surface area contributed by atoms with Crippen LogP contribution in [0.1, 0.15) is 0 Å². The predicted molar refractivity (Wildman–Crippen MR) is 54.7 cm³/mol. The van der Waals surface area contributed by atoms with Crippen LogP contribution in [0, 0.1) is 11.8 Å². The summed E-state index contributed by atoms with van der Waals surface area (Å²) in [6.07, 6.45) is 3.14. The minimum absolute atomic E-state index is 0.0838. The van der Waals surface area contributed by atoms with Crippen LogP contribution in [0.3, 0.4) is 0 Å². The zero-order valence-corrected chi connectivity index (χ0v) is 8.74. The standard InChI is InChI=1S/C10H14O3S/c1-3-9-7-5-14(11,12)6-8(7)10(4-2)13-9/h3-4,7-10H,1-2,5-6H2. The summed E-state index contributed by atoms with van der Waals surface area (Å²) in [7, 11) is -2.87. The van der Waals surface area contributed by atoms with Gasteiger partial charge in [-0.2, -0.15) is 0 Å². The van der Waals surface area contributed by atoms with Gasteiger partial charge in [0, 0.05) is 11.8 Å². The molecule has 2 aliphatic rings. The Hall–Kier alpha value is -0.610. The van der Waals surface area contributed by atoms with E-state index in [1.165, 1.54) is 0 Å². The third-order valence-corrected chi connectivity index (χ3v) is 4.85.